The molecule has 2 nitrogen and oxygen atoms in total. The highest BCUT2D eigenvalue weighted by atomic mass is 16.5. The molecule has 306 valence electrons. The van der Waals surface area contributed by atoms with Crippen LogP contribution in [-0.4, -0.2) is 6.10 Å². The van der Waals surface area contributed by atoms with Crippen LogP contribution in [0.15, 0.2) is 206 Å². The fourth-order valence-corrected chi connectivity index (χ4v) is 12.0. The molecule has 0 N–H and O–H groups in total. The molecule has 1 aliphatic heterocycles. The molecule has 0 amide bonds. The lowest BCUT2D eigenvalue weighted by Crippen LogP contribution is -2.36. The van der Waals surface area contributed by atoms with Crippen LogP contribution in [0.1, 0.15) is 73.9 Å². The number of hydrogen-bond donors (Lipinski definition) is 0. The third-order valence-corrected chi connectivity index (χ3v) is 15.4. The van der Waals surface area contributed by atoms with Gasteiger partial charge in [-0.25, -0.2) is 0 Å². The first-order chi connectivity index (χ1) is 30.6. The Balaban J connectivity index is 0.923. The molecule has 12 rings (SSSR count). The molecule has 4 aliphatic carbocycles. The average Bonchev–Trinajstić information content (AvgIpc) is 3.85. The Morgan fingerprint density at radius 2 is 1.16 bits per heavy atom. The first-order valence-corrected chi connectivity index (χ1v) is 22.6. The van der Waals surface area contributed by atoms with Crippen LogP contribution in [0.25, 0.3) is 39.0 Å². The van der Waals surface area contributed by atoms with E-state index in [-0.39, 0.29) is 22.3 Å². The van der Waals surface area contributed by atoms with Gasteiger partial charge in [0.25, 0.3) is 0 Å². The Bertz CT molecular complexity index is 3120. The number of anilines is 2. The molecule has 7 aromatic rings. The van der Waals surface area contributed by atoms with Gasteiger partial charge in [-0.3, -0.25) is 0 Å². The minimum atomic E-state index is -0.263. The summed E-state index contributed by atoms with van der Waals surface area (Å²) in [7, 11) is 0. The Hall–Kier alpha value is -6.90. The van der Waals surface area contributed by atoms with E-state index in [9.17, 15) is 0 Å². The molecule has 7 aromatic carbocycles. The van der Waals surface area contributed by atoms with Crippen LogP contribution < -0.4 is 9.64 Å². The number of fused-ring (bicyclic) bond motifs is 9. The second kappa shape index (κ2) is 13.8. The van der Waals surface area contributed by atoms with Crippen molar-refractivity contribution in [1.29, 1.82) is 0 Å². The molecular weight excluding hydrogens is 763 g/mol. The van der Waals surface area contributed by atoms with Gasteiger partial charge in [-0.15, -0.1) is 0 Å². The van der Waals surface area contributed by atoms with E-state index in [0.29, 0.717) is 11.8 Å². The van der Waals surface area contributed by atoms with E-state index in [0.717, 1.165) is 17.1 Å². The van der Waals surface area contributed by atoms with Crippen LogP contribution in [0.3, 0.4) is 0 Å². The summed E-state index contributed by atoms with van der Waals surface area (Å²) in [6, 6.07) is 60.9. The highest BCUT2D eigenvalue weighted by molar-refractivity contribution is 5.93. The van der Waals surface area contributed by atoms with Crippen LogP contribution in [-0.2, 0) is 16.2 Å². The van der Waals surface area contributed by atoms with Gasteiger partial charge in [-0.1, -0.05) is 179 Å². The first kappa shape index (κ1) is 37.8. The zero-order chi connectivity index (χ0) is 42.7. The Kier molecular flexibility index (Phi) is 8.29. The van der Waals surface area contributed by atoms with Gasteiger partial charge in [0.2, 0.25) is 0 Å². The predicted molar refractivity (Wildman–Crippen MR) is 262 cm³/mol. The third kappa shape index (κ3) is 5.56. The zero-order valence-corrected chi connectivity index (χ0v) is 36.6. The van der Waals surface area contributed by atoms with Gasteiger partial charge < -0.3 is 9.64 Å². The molecule has 0 saturated carbocycles. The summed E-state index contributed by atoms with van der Waals surface area (Å²) < 4.78 is 6.48. The van der Waals surface area contributed by atoms with E-state index < -0.39 is 0 Å². The minimum Gasteiger partial charge on any atom is -0.485 e. The standard InChI is InChI=1S/C61H51NO/c1-59(2)52-21-9-7-18-49(52)58-46(19-13-24-54(58)59)40-29-33-44(34-30-40)62(45-35-36-48-47-17-6-8-20-51(47)60(3,4)55(48)38-45)43-31-27-39(28-32-43)41-15-12-16-42(37-41)50-23-14-26-57-61(50,5)53-22-10-11-25-56(53)63-57/h6-38,48,55,57H,1-5H3. The Morgan fingerprint density at radius 1 is 0.524 bits per heavy atom. The van der Waals surface area contributed by atoms with Crippen molar-refractivity contribution in [1.82, 2.24) is 0 Å². The number of benzene rings is 7. The molecule has 0 fully saturated rings. The lowest BCUT2D eigenvalue weighted by Gasteiger charge is -2.35. The normalized spacial score (nSPS) is 22.4. The van der Waals surface area contributed by atoms with E-state index in [1.165, 1.54) is 78.0 Å². The number of allylic oxidation sites excluding steroid dienone is 5. The minimum absolute atomic E-state index is 0.00673. The maximum absolute atomic E-state index is 6.48. The number of para-hydroxylation sites is 1. The molecule has 1 heterocycles. The van der Waals surface area contributed by atoms with E-state index >= 15 is 0 Å². The largest absolute Gasteiger partial charge is 0.485 e. The molecule has 0 spiro atoms. The molecule has 4 atom stereocenters. The average molecular weight is 814 g/mol. The van der Waals surface area contributed by atoms with Gasteiger partial charge in [0.1, 0.15) is 11.9 Å². The number of ether oxygens (including phenoxy) is 1. The van der Waals surface area contributed by atoms with Crippen molar-refractivity contribution in [2.24, 2.45) is 5.92 Å². The second-order valence-corrected chi connectivity index (χ2v) is 19.4. The summed E-state index contributed by atoms with van der Waals surface area (Å²) >= 11 is 0. The zero-order valence-electron chi connectivity index (χ0n) is 36.6. The summed E-state index contributed by atoms with van der Waals surface area (Å²) in [5, 5.41) is 0. The molecule has 0 saturated heterocycles. The number of nitrogens with zero attached hydrogens (tertiary/aromatic N) is 1. The van der Waals surface area contributed by atoms with Gasteiger partial charge in [-0.2, -0.15) is 0 Å². The van der Waals surface area contributed by atoms with E-state index in [4.69, 9.17) is 4.74 Å². The third-order valence-electron chi connectivity index (χ3n) is 15.4. The lowest BCUT2D eigenvalue weighted by atomic mass is 9.68. The quantitative estimate of drug-likeness (QED) is 0.166. The molecule has 5 aliphatic rings. The van der Waals surface area contributed by atoms with Crippen molar-refractivity contribution in [3.05, 3.63) is 239 Å². The highest BCUT2D eigenvalue weighted by Crippen LogP contribution is 2.56. The molecule has 2 heteroatoms. The molecule has 4 unspecified atom stereocenters. The molecule has 0 bridgehead atoms. The smallest absolute Gasteiger partial charge is 0.131 e. The van der Waals surface area contributed by atoms with E-state index in [2.05, 4.69) is 240 Å². The van der Waals surface area contributed by atoms with Gasteiger partial charge >= 0.3 is 0 Å². The van der Waals surface area contributed by atoms with Crippen molar-refractivity contribution < 1.29 is 4.74 Å². The summed E-state index contributed by atoms with van der Waals surface area (Å²) in [6.45, 7) is 11.9. The van der Waals surface area contributed by atoms with E-state index in [1.807, 2.05) is 0 Å². The van der Waals surface area contributed by atoms with Crippen LogP contribution >= 0.6 is 0 Å². The molecule has 0 radical (unpaired) electrons. The maximum atomic E-state index is 6.48. The molecule has 0 aromatic heterocycles. The maximum Gasteiger partial charge on any atom is 0.131 e. The van der Waals surface area contributed by atoms with Gasteiger partial charge in [0, 0.05) is 34.0 Å². The monoisotopic (exact) mass is 813 g/mol. The lowest BCUT2D eigenvalue weighted by molar-refractivity contribution is 0.233. The van der Waals surface area contributed by atoms with Crippen molar-refractivity contribution >= 4 is 16.9 Å². The van der Waals surface area contributed by atoms with Gasteiger partial charge in [-0.05, 0) is 134 Å². The summed E-state index contributed by atoms with van der Waals surface area (Å²) in [4.78, 5) is 2.46. The molecule has 63 heavy (non-hydrogen) atoms. The van der Waals surface area contributed by atoms with Gasteiger partial charge in [0.05, 0.1) is 5.41 Å². The first-order valence-electron chi connectivity index (χ1n) is 22.6. The summed E-state index contributed by atoms with van der Waals surface area (Å²) in [5.74, 6) is 1.69. The van der Waals surface area contributed by atoms with Crippen molar-refractivity contribution in [3.8, 4) is 39.1 Å². The van der Waals surface area contributed by atoms with Crippen LogP contribution in [0.4, 0.5) is 11.4 Å². The Morgan fingerprint density at radius 3 is 1.95 bits per heavy atom. The van der Waals surface area contributed by atoms with Crippen molar-refractivity contribution in [3.63, 3.8) is 0 Å². The molecular formula is C61H51NO. The van der Waals surface area contributed by atoms with Crippen molar-refractivity contribution in [2.45, 2.75) is 62.9 Å². The van der Waals surface area contributed by atoms with Crippen LogP contribution in [0.5, 0.6) is 5.75 Å². The second-order valence-electron chi connectivity index (χ2n) is 19.4. The number of hydrogen-bond acceptors (Lipinski definition) is 2. The topological polar surface area (TPSA) is 12.5 Å². The SMILES string of the molecule is CC1(C)c2ccccc2-c2c(-c3ccc(N(C4=CC5C(C=C4)c4ccccc4C5(C)C)c4ccc(-c5cccc(C6=CC=CC7Oc8ccccc8C67C)c5)cc4)cc3)cccc21. The van der Waals surface area contributed by atoms with Crippen LogP contribution in [0, 0.1) is 5.92 Å². The summed E-state index contributed by atoms with van der Waals surface area (Å²) in [6.07, 6.45) is 14.0. The predicted octanol–water partition coefficient (Wildman–Crippen LogP) is 15.3. The van der Waals surface area contributed by atoms with Crippen molar-refractivity contribution in [2.75, 3.05) is 4.90 Å². The van der Waals surface area contributed by atoms with E-state index in [1.54, 1.807) is 0 Å². The number of rotatable bonds is 6. The highest BCUT2D eigenvalue weighted by Gasteiger charge is 2.48. The summed E-state index contributed by atoms with van der Waals surface area (Å²) in [5.41, 5.74) is 20.3. The fraction of sp³-hybridized carbons (Fsp3) is 0.180. The van der Waals surface area contributed by atoms with Gasteiger partial charge in [0.15, 0.2) is 0 Å². The Labute approximate surface area is 372 Å². The fourth-order valence-electron chi connectivity index (χ4n) is 12.0. The van der Waals surface area contributed by atoms with Crippen LogP contribution in [0.2, 0.25) is 0 Å².